The number of alkyl carbamates (subject to hydrolysis) is 3. The number of carbonyl (C=O) groups excluding carboxylic acids is 3. The number of non-ortho nitro benzene ring substituents is 2. The topological polar surface area (TPSA) is 337 Å². The molecule has 1 saturated heterocycles. The van der Waals surface area contributed by atoms with Crippen molar-refractivity contribution in [3.8, 4) is 0 Å². The van der Waals surface area contributed by atoms with Crippen LogP contribution in [0.15, 0.2) is 60.4 Å². The van der Waals surface area contributed by atoms with Crippen LogP contribution in [0.4, 0.5) is 25.8 Å². The molecule has 64 heavy (non-hydrogen) atoms. The number of likely N-dealkylation sites (N-methyl/N-ethyl adjacent to an activating group) is 1. The molecule has 1 saturated carbocycles. The molecular formula is C40H55N7O17. The van der Waals surface area contributed by atoms with E-state index >= 15 is 0 Å². The summed E-state index contributed by atoms with van der Waals surface area (Å²) in [5.74, 6) is 0.130. The number of nitrogens with one attached hydrogen (secondary N) is 4. The van der Waals surface area contributed by atoms with Crippen LogP contribution in [0.2, 0.25) is 0 Å². The lowest BCUT2D eigenvalue weighted by Gasteiger charge is -2.48. The molecule has 0 spiro atoms. The molecule has 9 N–H and O–H groups in total. The highest BCUT2D eigenvalue weighted by Crippen LogP contribution is 2.33. The number of aliphatic hydroxyl groups is 3. The van der Waals surface area contributed by atoms with Gasteiger partial charge in [-0.05, 0) is 89.1 Å². The van der Waals surface area contributed by atoms with Crippen LogP contribution in [0.25, 0.3) is 0 Å². The molecule has 2 aromatic carbocycles. The Labute approximate surface area is 367 Å². The summed E-state index contributed by atoms with van der Waals surface area (Å²) in [5.41, 5.74) is 4.78. The van der Waals surface area contributed by atoms with Crippen LogP contribution in [0.5, 0.6) is 0 Å². The van der Waals surface area contributed by atoms with E-state index in [-0.39, 0.29) is 56.3 Å². The maximum absolute atomic E-state index is 13.2. The fourth-order valence-electron chi connectivity index (χ4n) is 7.21. The summed E-state index contributed by atoms with van der Waals surface area (Å²) in [6, 6.07) is 6.72. The Bertz CT molecular complexity index is 1980. The van der Waals surface area contributed by atoms with Crippen molar-refractivity contribution in [2.24, 2.45) is 5.73 Å². The largest absolute Gasteiger partial charge is 0.465 e. The Kier molecular flexibility index (Phi) is 16.4. The number of nitro benzene ring substituents is 2. The number of nitrogens with zero attached hydrogens (tertiary/aromatic N) is 2. The number of nitrogens with two attached hydrogens (primary N) is 1. The molecule has 2 aromatic rings. The minimum atomic E-state index is -1.69. The van der Waals surface area contributed by atoms with Crippen LogP contribution in [0.3, 0.4) is 0 Å². The molecule has 5 rings (SSSR count). The third-order valence-electron chi connectivity index (χ3n) is 10.4. The lowest BCUT2D eigenvalue weighted by molar-refractivity contribution is -0.385. The number of carbonyl (C=O) groups is 3. The average molecular weight is 906 g/mol. The first-order valence-electron chi connectivity index (χ1n) is 20.2. The zero-order valence-electron chi connectivity index (χ0n) is 35.7. The van der Waals surface area contributed by atoms with Gasteiger partial charge in [0.05, 0.1) is 41.1 Å². The third-order valence-corrected chi connectivity index (χ3v) is 10.4. The predicted molar refractivity (Wildman–Crippen MR) is 220 cm³/mol. The molecule has 24 nitrogen and oxygen atoms in total. The predicted octanol–water partition coefficient (Wildman–Crippen LogP) is 1.47. The number of ether oxygens (including phenoxy) is 7. The number of amides is 3. The molecule has 2 heterocycles. The highest BCUT2D eigenvalue weighted by molar-refractivity contribution is 5.69. The minimum Gasteiger partial charge on any atom is -0.465 e. The lowest BCUT2D eigenvalue weighted by atomic mass is 9.83. The molecule has 3 amide bonds. The number of hydrogen-bond acceptors (Lipinski definition) is 19. The number of rotatable bonds is 15. The summed E-state index contributed by atoms with van der Waals surface area (Å²) in [4.78, 5) is 59.9. The van der Waals surface area contributed by atoms with E-state index in [2.05, 4.69) is 21.3 Å². The minimum absolute atomic E-state index is 0.00597. The van der Waals surface area contributed by atoms with Gasteiger partial charge in [0, 0.05) is 30.3 Å². The van der Waals surface area contributed by atoms with E-state index < -0.39 is 100 Å². The summed E-state index contributed by atoms with van der Waals surface area (Å²) in [7, 11) is 1.53. The van der Waals surface area contributed by atoms with Crippen LogP contribution in [-0.4, -0.2) is 136 Å². The van der Waals surface area contributed by atoms with Crippen LogP contribution in [-0.2, 0) is 46.4 Å². The molecule has 24 heteroatoms. The highest BCUT2D eigenvalue weighted by atomic mass is 16.7. The van der Waals surface area contributed by atoms with Gasteiger partial charge in [-0.2, -0.15) is 0 Å². The van der Waals surface area contributed by atoms with Crippen molar-refractivity contribution < 1.29 is 72.7 Å². The van der Waals surface area contributed by atoms with Crippen molar-refractivity contribution in [1.82, 2.24) is 21.3 Å². The van der Waals surface area contributed by atoms with Crippen molar-refractivity contribution in [2.45, 2.75) is 126 Å². The maximum atomic E-state index is 13.2. The number of benzene rings is 2. The Morgan fingerprint density at radius 2 is 1.39 bits per heavy atom. The van der Waals surface area contributed by atoms with Crippen molar-refractivity contribution in [2.75, 3.05) is 20.2 Å². The fourth-order valence-corrected chi connectivity index (χ4v) is 7.21. The zero-order valence-corrected chi connectivity index (χ0v) is 35.7. The van der Waals surface area contributed by atoms with E-state index in [1.54, 1.807) is 26.8 Å². The fraction of sp³-hybridized carbons (Fsp3) is 0.575. The van der Waals surface area contributed by atoms with Gasteiger partial charge < -0.3 is 75.5 Å². The summed E-state index contributed by atoms with van der Waals surface area (Å²) in [6.07, 6.45) is -9.94. The highest BCUT2D eigenvalue weighted by Gasteiger charge is 2.52. The number of hydrogen-bond donors (Lipinski definition) is 8. The van der Waals surface area contributed by atoms with Crippen LogP contribution in [0, 0.1) is 20.2 Å². The Morgan fingerprint density at radius 3 is 1.94 bits per heavy atom. The van der Waals surface area contributed by atoms with Crippen molar-refractivity contribution >= 4 is 29.7 Å². The molecule has 0 unspecified atom stereocenters. The van der Waals surface area contributed by atoms with Crippen molar-refractivity contribution in [1.29, 1.82) is 0 Å². The molecule has 352 valence electrons. The summed E-state index contributed by atoms with van der Waals surface area (Å²) >= 11 is 0. The summed E-state index contributed by atoms with van der Waals surface area (Å²) < 4.78 is 40.5. The summed E-state index contributed by atoms with van der Waals surface area (Å²) in [6.45, 7) is 5.43. The molecule has 2 aliphatic heterocycles. The van der Waals surface area contributed by atoms with Gasteiger partial charge in [-0.1, -0.05) is 0 Å². The van der Waals surface area contributed by atoms with Gasteiger partial charge in [-0.25, -0.2) is 14.4 Å². The van der Waals surface area contributed by atoms with E-state index in [0.29, 0.717) is 11.1 Å². The second-order valence-corrected chi connectivity index (χ2v) is 16.6. The maximum Gasteiger partial charge on any atom is 0.407 e. The quantitative estimate of drug-likeness (QED) is 0.0712. The van der Waals surface area contributed by atoms with Gasteiger partial charge in [-0.15, -0.1) is 0 Å². The second-order valence-electron chi connectivity index (χ2n) is 16.6. The van der Waals surface area contributed by atoms with Gasteiger partial charge in [0.15, 0.2) is 6.29 Å². The smallest absolute Gasteiger partial charge is 0.407 e. The van der Waals surface area contributed by atoms with E-state index in [1.807, 2.05) is 0 Å². The van der Waals surface area contributed by atoms with Crippen molar-refractivity contribution in [3.63, 3.8) is 0 Å². The molecular weight excluding hydrogens is 850 g/mol. The monoisotopic (exact) mass is 905 g/mol. The molecule has 11 atom stereocenters. The first-order chi connectivity index (χ1) is 30.1. The lowest BCUT2D eigenvalue weighted by Crippen LogP contribution is -2.69. The number of aliphatic hydroxyl groups excluding tert-OH is 2. The van der Waals surface area contributed by atoms with E-state index in [0.717, 1.165) is 0 Å². The van der Waals surface area contributed by atoms with Crippen LogP contribution < -0.4 is 27.0 Å². The third kappa shape index (κ3) is 13.4. The SMILES string of the molecule is CN[C@@H]1[C@@H](O)[C@@H](O[C@@H]2[C@@H](O)[C@H](O[C@H]3OC(CNC(=O)OCc4ccc([N+](=O)[O-])cc4)=CC[C@H]3NC(=O)OCc3ccc([N+](=O)[O-])cc3)[C@@H](NC(=O)OC(C)(C)C)C[C@H]2N)OC[C@]1(C)O. The first-order valence-corrected chi connectivity index (χ1v) is 20.2. The standard InChI is InChI=1S/C40H55N7O17/c1-39(2,3)64-38(52)45-28-16-26(41)31(62-35-30(49)33(42-5)40(4,53)20-60-35)29(48)32(28)63-34-27(44-37(51)59-19-22-8-12-24(13-9-22)47(56)57)15-14-25(61-34)17-43-36(50)58-18-21-6-10-23(11-7-21)46(54)55/h6-14,26-35,42,48-49,53H,15-20,41H2,1-5H3,(H,43,50)(H,44,51)(H,45,52)/t26-,27-,28+,29-,30-,31+,32-,33-,34-,35-,40+/m1/s1. The van der Waals surface area contributed by atoms with Crippen molar-refractivity contribution in [3.05, 3.63) is 91.7 Å². The van der Waals surface area contributed by atoms with Crippen LogP contribution in [0.1, 0.15) is 51.7 Å². The molecule has 2 fully saturated rings. The van der Waals surface area contributed by atoms with Gasteiger partial charge >= 0.3 is 18.3 Å². The zero-order chi connectivity index (χ0) is 46.9. The Hall–Kier alpha value is -5.73. The average Bonchev–Trinajstić information content (AvgIpc) is 3.22. The normalized spacial score (nSPS) is 29.2. The Balaban J connectivity index is 1.35. The van der Waals surface area contributed by atoms with Gasteiger partial charge in [0.1, 0.15) is 54.6 Å². The molecule has 0 radical (unpaired) electrons. The first kappa shape index (κ1) is 49.3. The Morgan fingerprint density at radius 1 is 0.844 bits per heavy atom. The van der Waals surface area contributed by atoms with Gasteiger partial charge in [0.25, 0.3) is 11.4 Å². The van der Waals surface area contributed by atoms with E-state index in [9.17, 15) is 49.9 Å². The molecule has 1 aliphatic carbocycles. The molecule has 0 aromatic heterocycles. The van der Waals surface area contributed by atoms with E-state index in [4.69, 9.17) is 38.9 Å². The molecule has 3 aliphatic rings. The van der Waals surface area contributed by atoms with Gasteiger partial charge in [0.2, 0.25) is 6.29 Å². The van der Waals surface area contributed by atoms with Gasteiger partial charge in [-0.3, -0.25) is 20.2 Å². The van der Waals surface area contributed by atoms with Crippen LogP contribution >= 0.6 is 0 Å². The van der Waals surface area contributed by atoms with E-state index in [1.165, 1.54) is 62.5 Å². The molecule has 0 bridgehead atoms. The summed E-state index contributed by atoms with van der Waals surface area (Å²) in [5, 5.41) is 66.6. The second kappa shape index (κ2) is 21.3. The number of nitro groups is 2.